The fourth-order valence-electron chi connectivity index (χ4n) is 2.77. The third kappa shape index (κ3) is 4.45. The summed E-state index contributed by atoms with van der Waals surface area (Å²) in [5.74, 6) is 2.74. The Morgan fingerprint density at radius 2 is 2.03 bits per heavy atom. The number of thioether (sulfide) groups is 1. The number of hydrogen-bond donors (Lipinski definition) is 2. The Hall–Kier alpha value is -3.20. The average molecular weight is 412 g/mol. The summed E-state index contributed by atoms with van der Waals surface area (Å²) < 4.78 is 15.8. The second-order valence-corrected chi connectivity index (χ2v) is 7.67. The number of carbonyl (C=O) groups is 1. The van der Waals surface area contributed by atoms with Gasteiger partial charge in [-0.1, -0.05) is 17.8 Å². The van der Waals surface area contributed by atoms with Gasteiger partial charge in [0.25, 0.3) is 0 Å². The number of H-pyrrole nitrogens is 1. The summed E-state index contributed by atoms with van der Waals surface area (Å²) in [5, 5.41) is 10.2. The van der Waals surface area contributed by atoms with Crippen LogP contribution in [0.5, 0.6) is 17.2 Å². The van der Waals surface area contributed by atoms with Crippen molar-refractivity contribution in [1.29, 1.82) is 0 Å². The molecule has 0 unspecified atom stereocenters. The molecule has 3 aromatic rings. The Morgan fingerprint density at radius 3 is 2.83 bits per heavy atom. The summed E-state index contributed by atoms with van der Waals surface area (Å²) in [7, 11) is 1.62. The van der Waals surface area contributed by atoms with Crippen molar-refractivity contribution in [3.05, 3.63) is 48.0 Å². The first-order valence-corrected chi connectivity index (χ1v) is 9.90. The largest absolute Gasteiger partial charge is 0.497 e. The number of aromatic nitrogens is 3. The fourth-order valence-corrected chi connectivity index (χ4v) is 3.52. The number of methoxy groups -OCH3 is 1. The number of nitrogens with zero attached hydrogens (tertiary/aromatic N) is 2. The lowest BCUT2D eigenvalue weighted by molar-refractivity contribution is -0.120. The van der Waals surface area contributed by atoms with Crippen LogP contribution in [0.1, 0.15) is 12.5 Å². The summed E-state index contributed by atoms with van der Waals surface area (Å²) >= 11 is 1.30. The summed E-state index contributed by atoms with van der Waals surface area (Å²) in [6, 6.07) is 13.1. The molecule has 9 heteroatoms. The zero-order valence-electron chi connectivity index (χ0n) is 16.0. The van der Waals surface area contributed by atoms with E-state index in [9.17, 15) is 4.79 Å². The Labute approximate surface area is 172 Å². The van der Waals surface area contributed by atoms with E-state index < -0.39 is 0 Å². The third-order valence-electron chi connectivity index (χ3n) is 4.38. The van der Waals surface area contributed by atoms with Crippen LogP contribution in [0.2, 0.25) is 0 Å². The zero-order chi connectivity index (χ0) is 20.2. The van der Waals surface area contributed by atoms with Crippen LogP contribution in [0.15, 0.2) is 47.6 Å². The summed E-state index contributed by atoms with van der Waals surface area (Å²) in [6.45, 7) is 2.46. The van der Waals surface area contributed by atoms with Gasteiger partial charge in [-0.05, 0) is 48.9 Å². The van der Waals surface area contributed by atoms with Crippen LogP contribution in [0.25, 0.3) is 11.4 Å². The van der Waals surface area contributed by atoms with Crippen molar-refractivity contribution in [1.82, 2.24) is 20.5 Å². The van der Waals surface area contributed by atoms with Gasteiger partial charge in [-0.15, -0.1) is 5.10 Å². The minimum Gasteiger partial charge on any atom is -0.497 e. The molecule has 1 aliphatic heterocycles. The molecule has 0 bridgehead atoms. The lowest BCUT2D eigenvalue weighted by atomic mass is 10.2. The highest BCUT2D eigenvalue weighted by atomic mass is 32.2. The molecule has 29 heavy (non-hydrogen) atoms. The van der Waals surface area contributed by atoms with E-state index in [1.807, 2.05) is 49.4 Å². The number of aromatic amines is 1. The molecule has 0 fully saturated rings. The van der Waals surface area contributed by atoms with Gasteiger partial charge in [0, 0.05) is 12.1 Å². The van der Waals surface area contributed by atoms with Gasteiger partial charge in [0.15, 0.2) is 17.3 Å². The molecule has 1 aromatic heterocycles. The maximum atomic E-state index is 12.4. The van der Waals surface area contributed by atoms with Crippen molar-refractivity contribution in [2.75, 3.05) is 13.9 Å². The summed E-state index contributed by atoms with van der Waals surface area (Å²) in [4.78, 5) is 16.9. The molecule has 150 valence electrons. The third-order valence-corrected chi connectivity index (χ3v) is 5.34. The topological polar surface area (TPSA) is 98.4 Å². The van der Waals surface area contributed by atoms with Gasteiger partial charge in [0.05, 0.1) is 12.4 Å². The molecule has 4 rings (SSSR count). The highest BCUT2D eigenvalue weighted by molar-refractivity contribution is 8.00. The SMILES string of the molecule is COc1ccc(-c2nc(S[C@H](C)C(=O)NCc3ccc4c(c3)OCO4)n[nH]2)cc1. The van der Waals surface area contributed by atoms with E-state index in [-0.39, 0.29) is 18.0 Å². The van der Waals surface area contributed by atoms with E-state index in [2.05, 4.69) is 20.5 Å². The van der Waals surface area contributed by atoms with Crippen molar-refractivity contribution in [3.8, 4) is 28.6 Å². The van der Waals surface area contributed by atoms with Gasteiger partial charge in [0.1, 0.15) is 5.75 Å². The van der Waals surface area contributed by atoms with E-state index >= 15 is 0 Å². The molecule has 2 N–H and O–H groups in total. The molecule has 2 heterocycles. The van der Waals surface area contributed by atoms with E-state index in [1.165, 1.54) is 11.8 Å². The number of ether oxygens (including phenoxy) is 3. The minimum absolute atomic E-state index is 0.0940. The molecule has 8 nitrogen and oxygen atoms in total. The normalized spacial score (nSPS) is 13.2. The van der Waals surface area contributed by atoms with E-state index in [1.54, 1.807) is 7.11 Å². The van der Waals surface area contributed by atoms with Crippen LogP contribution in [0.4, 0.5) is 0 Å². The standard InChI is InChI=1S/C20H20N4O4S/c1-12(19(25)21-10-13-3-8-16-17(9-13)28-11-27-16)29-20-22-18(23-24-20)14-4-6-15(26-2)7-5-14/h3-9,12H,10-11H2,1-2H3,(H,21,25)(H,22,23,24)/t12-/m1/s1. The first-order chi connectivity index (χ1) is 14.1. The monoisotopic (exact) mass is 412 g/mol. The zero-order valence-corrected chi connectivity index (χ0v) is 16.8. The first kappa shape index (κ1) is 19.1. The Bertz CT molecular complexity index is 1010. The van der Waals surface area contributed by atoms with Crippen LogP contribution < -0.4 is 19.5 Å². The molecular formula is C20H20N4O4S. The quantitative estimate of drug-likeness (QED) is 0.576. The van der Waals surface area contributed by atoms with Gasteiger partial charge in [-0.25, -0.2) is 4.98 Å². The number of fused-ring (bicyclic) bond motifs is 1. The van der Waals surface area contributed by atoms with Gasteiger partial charge in [-0.3, -0.25) is 9.89 Å². The van der Waals surface area contributed by atoms with E-state index in [0.717, 1.165) is 22.6 Å². The minimum atomic E-state index is -0.344. The smallest absolute Gasteiger partial charge is 0.233 e. The summed E-state index contributed by atoms with van der Waals surface area (Å²) in [6.07, 6.45) is 0. The molecule has 1 atom stereocenters. The molecule has 0 spiro atoms. The van der Waals surface area contributed by atoms with Crippen LogP contribution >= 0.6 is 11.8 Å². The number of hydrogen-bond acceptors (Lipinski definition) is 7. The molecule has 2 aromatic carbocycles. The molecule has 0 saturated carbocycles. The lowest BCUT2D eigenvalue weighted by Gasteiger charge is -2.10. The number of benzene rings is 2. The van der Waals surface area contributed by atoms with Gasteiger partial charge in [0.2, 0.25) is 17.9 Å². The number of carbonyl (C=O) groups excluding carboxylic acids is 1. The first-order valence-electron chi connectivity index (χ1n) is 9.02. The highest BCUT2D eigenvalue weighted by Gasteiger charge is 2.18. The Kier molecular flexibility index (Phi) is 5.57. The molecule has 1 amide bonds. The predicted molar refractivity (Wildman–Crippen MR) is 108 cm³/mol. The van der Waals surface area contributed by atoms with Crippen molar-refractivity contribution < 1.29 is 19.0 Å². The second kappa shape index (κ2) is 8.44. The van der Waals surface area contributed by atoms with E-state index in [4.69, 9.17) is 14.2 Å². The fraction of sp³-hybridized carbons (Fsp3) is 0.250. The van der Waals surface area contributed by atoms with Crippen molar-refractivity contribution in [2.24, 2.45) is 0 Å². The predicted octanol–water partition coefficient (Wildman–Crippen LogP) is 3.01. The molecule has 1 aliphatic rings. The summed E-state index contributed by atoms with van der Waals surface area (Å²) in [5.41, 5.74) is 1.84. The highest BCUT2D eigenvalue weighted by Crippen LogP contribution is 2.32. The van der Waals surface area contributed by atoms with Crippen molar-refractivity contribution in [2.45, 2.75) is 23.9 Å². The second-order valence-electron chi connectivity index (χ2n) is 6.36. The van der Waals surface area contributed by atoms with Crippen LogP contribution in [-0.2, 0) is 11.3 Å². The van der Waals surface area contributed by atoms with E-state index in [0.29, 0.717) is 23.3 Å². The number of amides is 1. The van der Waals surface area contributed by atoms with Crippen LogP contribution in [0, 0.1) is 0 Å². The average Bonchev–Trinajstić information content (AvgIpc) is 3.41. The lowest BCUT2D eigenvalue weighted by Crippen LogP contribution is -2.30. The van der Waals surface area contributed by atoms with Gasteiger partial charge in [-0.2, -0.15) is 0 Å². The van der Waals surface area contributed by atoms with Gasteiger partial charge >= 0.3 is 0 Å². The molecule has 0 aliphatic carbocycles. The number of rotatable bonds is 7. The maximum absolute atomic E-state index is 12.4. The Morgan fingerprint density at radius 1 is 1.24 bits per heavy atom. The van der Waals surface area contributed by atoms with Crippen molar-refractivity contribution in [3.63, 3.8) is 0 Å². The number of nitrogens with one attached hydrogen (secondary N) is 2. The molecule has 0 saturated heterocycles. The van der Waals surface area contributed by atoms with Gasteiger partial charge < -0.3 is 19.5 Å². The molecule has 0 radical (unpaired) electrons. The van der Waals surface area contributed by atoms with Crippen LogP contribution in [0.3, 0.4) is 0 Å². The van der Waals surface area contributed by atoms with Crippen LogP contribution in [-0.4, -0.2) is 40.2 Å². The Balaban J connectivity index is 1.32. The maximum Gasteiger partial charge on any atom is 0.233 e. The van der Waals surface area contributed by atoms with Crippen molar-refractivity contribution >= 4 is 17.7 Å². The molecular weight excluding hydrogens is 392 g/mol.